The Balaban J connectivity index is 3.20. The van der Waals surface area contributed by atoms with Gasteiger partial charge in [0.25, 0.3) is 0 Å². The zero-order valence-corrected chi connectivity index (χ0v) is 16.1. The number of unbranched alkanes of at least 4 members (excludes halogenated alkanes) is 11. The molecule has 0 fully saturated rings. The molecule has 2 atom stereocenters. The summed E-state index contributed by atoms with van der Waals surface area (Å²) in [6, 6.07) is 0. The number of aldehydes is 1. The summed E-state index contributed by atoms with van der Waals surface area (Å²) in [5, 5.41) is 19.4. The Labute approximate surface area is 150 Å². The Morgan fingerprint density at radius 2 is 1.00 bits per heavy atom. The molecule has 2 N–H and O–H groups in total. The summed E-state index contributed by atoms with van der Waals surface area (Å²) in [6.07, 6.45) is 19.3. The fourth-order valence-corrected chi connectivity index (χ4v) is 3.18. The van der Waals surface area contributed by atoms with E-state index >= 15 is 0 Å². The van der Waals surface area contributed by atoms with Crippen LogP contribution >= 0.6 is 0 Å². The molecule has 0 bridgehead atoms. The Hall–Kier alpha value is -0.410. The van der Waals surface area contributed by atoms with Gasteiger partial charge in [-0.05, 0) is 19.3 Å². The van der Waals surface area contributed by atoms with E-state index in [4.69, 9.17) is 0 Å². The van der Waals surface area contributed by atoms with E-state index in [9.17, 15) is 15.0 Å². The monoisotopic (exact) mass is 342 g/mol. The van der Waals surface area contributed by atoms with Crippen LogP contribution in [0.2, 0.25) is 0 Å². The van der Waals surface area contributed by atoms with Gasteiger partial charge in [0.1, 0.15) is 6.29 Å². The lowest BCUT2D eigenvalue weighted by molar-refractivity contribution is -0.109. The van der Waals surface area contributed by atoms with Crippen molar-refractivity contribution in [1.29, 1.82) is 0 Å². The lowest BCUT2D eigenvalue weighted by atomic mass is 10.0. The molecule has 0 spiro atoms. The topological polar surface area (TPSA) is 57.5 Å². The van der Waals surface area contributed by atoms with Crippen LogP contribution in [0.4, 0.5) is 0 Å². The number of hydrogen-bond acceptors (Lipinski definition) is 3. The van der Waals surface area contributed by atoms with Gasteiger partial charge in [-0.2, -0.15) is 0 Å². The number of carbonyl (C=O) groups is 1. The quantitative estimate of drug-likeness (QED) is 0.239. The molecule has 0 aromatic carbocycles. The number of carbonyl (C=O) groups excluding carboxylic acids is 1. The molecule has 0 aromatic rings. The summed E-state index contributed by atoms with van der Waals surface area (Å²) in [4.78, 5) is 10.2. The number of aliphatic hydroxyl groups excluding tert-OH is 2. The van der Waals surface area contributed by atoms with Crippen molar-refractivity contribution < 1.29 is 15.0 Å². The lowest BCUT2D eigenvalue weighted by Gasteiger charge is -2.11. The first-order valence-electron chi connectivity index (χ1n) is 10.5. The normalized spacial score (nSPS) is 13.8. The van der Waals surface area contributed by atoms with E-state index in [1.165, 1.54) is 64.2 Å². The van der Waals surface area contributed by atoms with Gasteiger partial charge < -0.3 is 15.0 Å². The second-order valence-electron chi connectivity index (χ2n) is 7.32. The molecule has 0 aliphatic carbocycles. The highest BCUT2D eigenvalue weighted by Gasteiger charge is 2.06. The van der Waals surface area contributed by atoms with Crippen molar-refractivity contribution >= 4 is 6.29 Å². The summed E-state index contributed by atoms with van der Waals surface area (Å²) in [7, 11) is 0. The van der Waals surface area contributed by atoms with Gasteiger partial charge >= 0.3 is 0 Å². The molecular weight excluding hydrogens is 300 g/mol. The third-order valence-corrected chi connectivity index (χ3v) is 4.83. The van der Waals surface area contributed by atoms with Crippen LogP contribution in [0.25, 0.3) is 0 Å². The molecule has 0 amide bonds. The first kappa shape index (κ1) is 23.6. The Bertz CT molecular complexity index is 255. The van der Waals surface area contributed by atoms with E-state index in [0.717, 1.165) is 38.4 Å². The Morgan fingerprint density at radius 1 is 0.625 bits per heavy atom. The zero-order valence-electron chi connectivity index (χ0n) is 16.1. The van der Waals surface area contributed by atoms with Gasteiger partial charge in [-0.1, -0.05) is 90.4 Å². The molecule has 0 radical (unpaired) electrons. The van der Waals surface area contributed by atoms with Gasteiger partial charge in [0.05, 0.1) is 12.2 Å². The molecule has 3 nitrogen and oxygen atoms in total. The smallest absolute Gasteiger partial charge is 0.122 e. The fraction of sp³-hybridized carbons (Fsp3) is 0.952. The van der Waals surface area contributed by atoms with E-state index in [0.29, 0.717) is 6.42 Å². The van der Waals surface area contributed by atoms with Crippen molar-refractivity contribution in [3.8, 4) is 0 Å². The van der Waals surface area contributed by atoms with E-state index in [1.54, 1.807) is 0 Å². The second kappa shape index (κ2) is 18.9. The molecule has 3 heteroatoms. The number of aliphatic hydroxyl groups is 2. The van der Waals surface area contributed by atoms with E-state index in [1.807, 2.05) is 0 Å². The van der Waals surface area contributed by atoms with Gasteiger partial charge in [-0.15, -0.1) is 0 Å². The minimum atomic E-state index is -0.494. The Morgan fingerprint density at radius 3 is 1.46 bits per heavy atom. The molecule has 0 saturated heterocycles. The molecule has 0 rings (SSSR count). The first-order valence-corrected chi connectivity index (χ1v) is 10.5. The average Bonchev–Trinajstić information content (AvgIpc) is 2.57. The van der Waals surface area contributed by atoms with Crippen molar-refractivity contribution in [2.24, 2.45) is 0 Å². The van der Waals surface area contributed by atoms with Crippen LogP contribution in [0.5, 0.6) is 0 Å². The summed E-state index contributed by atoms with van der Waals surface area (Å²) in [5.41, 5.74) is 0. The zero-order chi connectivity index (χ0) is 17.9. The SMILES string of the molecule is CCCCCCCCCCCCCC(O)CCCCC(O)CC=O. The molecule has 0 aromatic heterocycles. The molecule has 0 saturated carbocycles. The van der Waals surface area contributed by atoms with E-state index in [-0.39, 0.29) is 12.5 Å². The highest BCUT2D eigenvalue weighted by atomic mass is 16.3. The third kappa shape index (κ3) is 17.9. The van der Waals surface area contributed by atoms with Crippen molar-refractivity contribution in [1.82, 2.24) is 0 Å². The van der Waals surface area contributed by atoms with Crippen LogP contribution in [0.3, 0.4) is 0 Å². The Kier molecular flexibility index (Phi) is 18.6. The second-order valence-corrected chi connectivity index (χ2v) is 7.32. The molecule has 0 heterocycles. The van der Waals surface area contributed by atoms with Gasteiger partial charge in [-0.3, -0.25) is 0 Å². The summed E-state index contributed by atoms with van der Waals surface area (Å²) >= 11 is 0. The van der Waals surface area contributed by atoms with Crippen LogP contribution < -0.4 is 0 Å². The predicted molar refractivity (Wildman–Crippen MR) is 102 cm³/mol. The van der Waals surface area contributed by atoms with Crippen molar-refractivity contribution in [3.63, 3.8) is 0 Å². The van der Waals surface area contributed by atoms with Crippen LogP contribution in [0.1, 0.15) is 116 Å². The molecule has 24 heavy (non-hydrogen) atoms. The maximum Gasteiger partial charge on any atom is 0.122 e. The number of rotatable bonds is 19. The van der Waals surface area contributed by atoms with Crippen LogP contribution in [-0.4, -0.2) is 28.7 Å². The minimum Gasteiger partial charge on any atom is -0.393 e. The van der Waals surface area contributed by atoms with Gasteiger partial charge in [0, 0.05) is 6.42 Å². The predicted octanol–water partition coefficient (Wildman–Crippen LogP) is 5.56. The van der Waals surface area contributed by atoms with Gasteiger partial charge in [0.15, 0.2) is 0 Å². The van der Waals surface area contributed by atoms with Gasteiger partial charge in [-0.25, -0.2) is 0 Å². The fourth-order valence-electron chi connectivity index (χ4n) is 3.18. The molecule has 0 aliphatic rings. The van der Waals surface area contributed by atoms with Crippen molar-refractivity contribution in [2.75, 3.05) is 0 Å². The largest absolute Gasteiger partial charge is 0.393 e. The molecular formula is C21H42O3. The molecule has 144 valence electrons. The lowest BCUT2D eigenvalue weighted by Crippen LogP contribution is -2.09. The molecule has 0 aliphatic heterocycles. The third-order valence-electron chi connectivity index (χ3n) is 4.83. The maximum absolute atomic E-state index is 10.2. The van der Waals surface area contributed by atoms with Crippen molar-refractivity contribution in [2.45, 2.75) is 128 Å². The number of hydrogen-bond donors (Lipinski definition) is 2. The summed E-state index contributed by atoms with van der Waals surface area (Å²) < 4.78 is 0. The molecule has 2 unspecified atom stereocenters. The van der Waals surface area contributed by atoms with Crippen molar-refractivity contribution in [3.05, 3.63) is 0 Å². The summed E-state index contributed by atoms with van der Waals surface area (Å²) in [6.45, 7) is 2.26. The minimum absolute atomic E-state index is 0.188. The standard InChI is InChI=1S/C21H42O3/c1-2-3-4-5-6-7-8-9-10-11-12-15-20(23)16-13-14-17-21(24)18-19-22/h19-21,23-24H,2-18H2,1H3. The highest BCUT2D eigenvalue weighted by molar-refractivity contribution is 5.49. The highest BCUT2D eigenvalue weighted by Crippen LogP contribution is 2.15. The van der Waals surface area contributed by atoms with Crippen LogP contribution in [0, 0.1) is 0 Å². The first-order chi connectivity index (χ1) is 11.7. The average molecular weight is 343 g/mol. The maximum atomic E-state index is 10.2. The van der Waals surface area contributed by atoms with Crippen LogP contribution in [0.15, 0.2) is 0 Å². The van der Waals surface area contributed by atoms with Crippen LogP contribution in [-0.2, 0) is 4.79 Å². The summed E-state index contributed by atoms with van der Waals surface area (Å²) in [5.74, 6) is 0. The van der Waals surface area contributed by atoms with E-state index in [2.05, 4.69) is 6.92 Å². The van der Waals surface area contributed by atoms with Gasteiger partial charge in [0.2, 0.25) is 0 Å². The van der Waals surface area contributed by atoms with E-state index < -0.39 is 6.10 Å².